The number of benzene rings is 1. The summed E-state index contributed by atoms with van der Waals surface area (Å²) in [6.45, 7) is 6.91. The molecule has 0 atom stereocenters. The van der Waals surface area contributed by atoms with Gasteiger partial charge in [0.2, 0.25) is 0 Å². The molecule has 0 saturated carbocycles. The molecule has 0 aromatic heterocycles. The molecule has 0 bridgehead atoms. The summed E-state index contributed by atoms with van der Waals surface area (Å²) < 4.78 is 4.87. The van der Waals surface area contributed by atoms with E-state index in [1.54, 1.807) is 0 Å². The number of nitrogens with one attached hydrogen (secondary N) is 1. The number of hydrogen-bond acceptors (Lipinski definition) is 4. The maximum absolute atomic E-state index is 11.2. The molecule has 1 aromatic rings. The Hall–Kier alpha value is -1.39. The van der Waals surface area contributed by atoms with Crippen LogP contribution in [0.3, 0.4) is 0 Å². The van der Waals surface area contributed by atoms with Crippen molar-refractivity contribution >= 4 is 5.97 Å². The summed E-state index contributed by atoms with van der Waals surface area (Å²) in [5.41, 5.74) is 2.58. The average Bonchev–Trinajstić information content (AvgIpc) is 3.00. The largest absolute Gasteiger partial charge is 0.465 e. The maximum atomic E-state index is 11.2. The monoisotopic (exact) mass is 290 g/mol. The van der Waals surface area contributed by atoms with Gasteiger partial charge in [-0.2, -0.15) is 0 Å². The first-order valence-electron chi connectivity index (χ1n) is 7.94. The van der Waals surface area contributed by atoms with E-state index in [4.69, 9.17) is 4.74 Å². The van der Waals surface area contributed by atoms with Crippen LogP contribution in [0.1, 0.15) is 30.9 Å². The topological polar surface area (TPSA) is 41.6 Å². The van der Waals surface area contributed by atoms with Gasteiger partial charge in [-0.25, -0.2) is 0 Å². The minimum atomic E-state index is -0.195. The predicted molar refractivity (Wildman–Crippen MR) is 84.2 cm³/mol. The van der Waals surface area contributed by atoms with Crippen LogP contribution in [-0.4, -0.2) is 43.7 Å². The molecule has 0 radical (unpaired) electrons. The molecule has 116 valence electrons. The Balaban J connectivity index is 1.67. The summed E-state index contributed by atoms with van der Waals surface area (Å²) in [7, 11) is 0. The van der Waals surface area contributed by atoms with E-state index in [1.807, 2.05) is 6.92 Å². The predicted octanol–water partition coefficient (Wildman–Crippen LogP) is 1.98. The van der Waals surface area contributed by atoms with Gasteiger partial charge in [0.15, 0.2) is 0 Å². The summed E-state index contributed by atoms with van der Waals surface area (Å²) in [4.78, 5) is 13.7. The Labute approximate surface area is 127 Å². The zero-order valence-electron chi connectivity index (χ0n) is 12.9. The Bertz CT molecular complexity index is 425. The molecule has 1 aliphatic heterocycles. The van der Waals surface area contributed by atoms with Crippen molar-refractivity contribution in [3.05, 3.63) is 35.4 Å². The van der Waals surface area contributed by atoms with Crippen LogP contribution in [-0.2, 0) is 22.5 Å². The van der Waals surface area contributed by atoms with E-state index in [9.17, 15) is 4.79 Å². The van der Waals surface area contributed by atoms with Crippen molar-refractivity contribution in [2.24, 2.45) is 0 Å². The molecule has 0 spiro atoms. The average molecular weight is 290 g/mol. The van der Waals surface area contributed by atoms with Gasteiger partial charge in [0.05, 0.1) is 13.2 Å². The van der Waals surface area contributed by atoms with Crippen LogP contribution in [0.15, 0.2) is 24.3 Å². The molecule has 0 amide bonds. The van der Waals surface area contributed by atoms with Gasteiger partial charge in [0.25, 0.3) is 0 Å². The molecule has 0 unspecified atom stereocenters. The van der Waals surface area contributed by atoms with Gasteiger partial charge >= 0.3 is 5.97 Å². The molecular weight excluding hydrogens is 264 g/mol. The normalized spacial score (nSPS) is 15.3. The van der Waals surface area contributed by atoms with Gasteiger partial charge in [-0.05, 0) is 50.4 Å². The van der Waals surface area contributed by atoms with E-state index >= 15 is 0 Å². The molecule has 1 aliphatic rings. The van der Waals surface area contributed by atoms with Gasteiger partial charge in [0.1, 0.15) is 0 Å². The van der Waals surface area contributed by atoms with E-state index in [1.165, 1.54) is 43.6 Å². The fourth-order valence-corrected chi connectivity index (χ4v) is 2.64. The Kier molecular flexibility index (Phi) is 6.70. The fraction of sp³-hybridized carbons (Fsp3) is 0.588. The summed E-state index contributed by atoms with van der Waals surface area (Å²) in [6, 6.07) is 8.66. The van der Waals surface area contributed by atoms with Gasteiger partial charge in [-0.15, -0.1) is 0 Å². The van der Waals surface area contributed by atoms with Crippen LogP contribution < -0.4 is 5.32 Å². The Morgan fingerprint density at radius 3 is 2.52 bits per heavy atom. The highest BCUT2D eigenvalue weighted by molar-refractivity contribution is 5.71. The van der Waals surface area contributed by atoms with Crippen molar-refractivity contribution in [1.82, 2.24) is 10.2 Å². The number of carbonyl (C=O) groups is 1. The first kappa shape index (κ1) is 16.0. The summed E-state index contributed by atoms with van der Waals surface area (Å²) >= 11 is 0. The lowest BCUT2D eigenvalue weighted by Gasteiger charge is -2.14. The van der Waals surface area contributed by atoms with Gasteiger partial charge in [-0.3, -0.25) is 4.79 Å². The maximum Gasteiger partial charge on any atom is 0.319 e. The lowest BCUT2D eigenvalue weighted by Crippen LogP contribution is -2.24. The molecule has 1 fully saturated rings. The minimum absolute atomic E-state index is 0.195. The van der Waals surface area contributed by atoms with E-state index in [-0.39, 0.29) is 12.5 Å². The van der Waals surface area contributed by atoms with Gasteiger partial charge in [-0.1, -0.05) is 24.3 Å². The van der Waals surface area contributed by atoms with Crippen LogP contribution >= 0.6 is 0 Å². The van der Waals surface area contributed by atoms with Crippen molar-refractivity contribution in [2.75, 3.05) is 32.8 Å². The van der Waals surface area contributed by atoms with E-state index < -0.39 is 0 Å². The van der Waals surface area contributed by atoms with Crippen molar-refractivity contribution in [3.63, 3.8) is 0 Å². The van der Waals surface area contributed by atoms with Crippen molar-refractivity contribution in [2.45, 2.75) is 32.7 Å². The zero-order valence-corrected chi connectivity index (χ0v) is 12.9. The zero-order chi connectivity index (χ0) is 14.9. The first-order chi connectivity index (χ1) is 10.3. The second-order valence-corrected chi connectivity index (χ2v) is 5.52. The second kappa shape index (κ2) is 8.80. The number of carbonyl (C=O) groups excluding carboxylic acids is 1. The highest BCUT2D eigenvalue weighted by Gasteiger charge is 2.10. The van der Waals surface area contributed by atoms with Crippen LogP contribution in [0, 0.1) is 0 Å². The Morgan fingerprint density at radius 1 is 1.19 bits per heavy atom. The lowest BCUT2D eigenvalue weighted by atomic mass is 10.1. The van der Waals surface area contributed by atoms with Crippen LogP contribution in [0.4, 0.5) is 0 Å². The van der Waals surface area contributed by atoms with Crippen LogP contribution in [0.2, 0.25) is 0 Å². The highest BCUT2D eigenvalue weighted by atomic mass is 16.5. The molecule has 0 aliphatic carbocycles. The number of nitrogens with zero attached hydrogens (tertiary/aromatic N) is 1. The minimum Gasteiger partial charge on any atom is -0.465 e. The smallest absolute Gasteiger partial charge is 0.319 e. The third-order valence-corrected chi connectivity index (χ3v) is 3.84. The lowest BCUT2D eigenvalue weighted by molar-refractivity contribution is -0.142. The number of ether oxygens (including phenoxy) is 1. The molecule has 1 saturated heterocycles. The molecule has 21 heavy (non-hydrogen) atoms. The third kappa shape index (κ3) is 5.86. The number of likely N-dealkylation sites (tertiary alicyclic amines) is 1. The highest BCUT2D eigenvalue weighted by Crippen LogP contribution is 2.10. The fourth-order valence-electron chi connectivity index (χ4n) is 2.64. The summed E-state index contributed by atoms with van der Waals surface area (Å²) in [6.07, 6.45) is 3.83. The summed E-state index contributed by atoms with van der Waals surface area (Å²) in [5.74, 6) is -0.195. The molecule has 2 rings (SSSR count). The van der Waals surface area contributed by atoms with Crippen LogP contribution in [0.5, 0.6) is 0 Å². The first-order valence-corrected chi connectivity index (χ1v) is 7.94. The van der Waals surface area contributed by atoms with Crippen molar-refractivity contribution < 1.29 is 9.53 Å². The molecule has 1 aromatic carbocycles. The summed E-state index contributed by atoms with van der Waals surface area (Å²) in [5, 5.41) is 3.10. The number of esters is 1. The van der Waals surface area contributed by atoms with Crippen LogP contribution in [0.25, 0.3) is 0 Å². The molecule has 4 nitrogen and oxygen atoms in total. The van der Waals surface area contributed by atoms with Gasteiger partial charge < -0.3 is 15.0 Å². The van der Waals surface area contributed by atoms with E-state index in [0.29, 0.717) is 13.2 Å². The Morgan fingerprint density at radius 2 is 1.86 bits per heavy atom. The standard InChI is InChI=1S/C17H26N2O2/c1-2-21-17(20)14-18-13-16-7-5-15(6-8-16)9-12-19-10-3-4-11-19/h5-8,18H,2-4,9-14H2,1H3. The van der Waals surface area contributed by atoms with Crippen molar-refractivity contribution in [3.8, 4) is 0 Å². The van der Waals surface area contributed by atoms with E-state index in [0.717, 1.165) is 6.42 Å². The van der Waals surface area contributed by atoms with Gasteiger partial charge in [0, 0.05) is 13.1 Å². The molecule has 4 heteroatoms. The molecular formula is C17H26N2O2. The second-order valence-electron chi connectivity index (χ2n) is 5.52. The molecule has 1 N–H and O–H groups in total. The molecule has 1 heterocycles. The number of hydrogen-bond donors (Lipinski definition) is 1. The SMILES string of the molecule is CCOC(=O)CNCc1ccc(CCN2CCCC2)cc1. The number of rotatable bonds is 8. The van der Waals surface area contributed by atoms with E-state index in [2.05, 4.69) is 34.5 Å². The third-order valence-electron chi connectivity index (χ3n) is 3.84. The van der Waals surface area contributed by atoms with Crippen molar-refractivity contribution in [1.29, 1.82) is 0 Å². The quantitative estimate of drug-likeness (QED) is 0.743.